The number of nitrogens with two attached hydrogens (primary N) is 1. The summed E-state index contributed by atoms with van der Waals surface area (Å²) in [6.07, 6.45) is -14.0. The normalized spacial score (nSPS) is 15.3. The first kappa shape index (κ1) is 27.4. The van der Waals surface area contributed by atoms with Crippen LogP contribution in [-0.4, -0.2) is 56.5 Å². The molecule has 0 saturated carbocycles. The second kappa shape index (κ2) is 9.39. The molecule has 26 heavy (non-hydrogen) atoms. The van der Waals surface area contributed by atoms with Gasteiger partial charge in [-0.25, -0.2) is 12.8 Å². The average molecular weight is 433 g/mol. The van der Waals surface area contributed by atoms with Crippen LogP contribution in [0, 0.1) is 0 Å². The van der Waals surface area contributed by atoms with Crippen molar-refractivity contribution in [1.82, 2.24) is 0 Å². The van der Waals surface area contributed by atoms with Gasteiger partial charge in [0.05, 0.1) is 14.1 Å². The van der Waals surface area contributed by atoms with Crippen molar-refractivity contribution in [2.24, 2.45) is 0 Å². The van der Waals surface area contributed by atoms with Crippen LogP contribution in [-0.2, 0) is 10.1 Å². The lowest BCUT2D eigenvalue weighted by Gasteiger charge is -2.35. The molecule has 0 aliphatic carbocycles. The number of rotatable bonds is 8. The average Bonchev–Trinajstić information content (AvgIpc) is 2.41. The van der Waals surface area contributed by atoms with Crippen LogP contribution < -0.4 is 5.32 Å². The smallest absolute Gasteiger partial charge is 0.402 e. The van der Waals surface area contributed by atoms with Gasteiger partial charge in [0, 0.05) is 6.42 Å². The number of halogens is 10. The molecule has 0 amide bonds. The summed E-state index contributed by atoms with van der Waals surface area (Å²) >= 11 is 0. The minimum atomic E-state index is -7.25. The molecule has 160 valence electrons. The zero-order chi connectivity index (χ0) is 21.6. The maximum absolute atomic E-state index is 13.1. The molecule has 0 spiro atoms. The lowest BCUT2D eigenvalue weighted by molar-refractivity contribution is -0.597. The first-order valence-corrected chi connectivity index (χ1v) is 8.24. The molecule has 2 N–H and O–H groups in total. The van der Waals surface area contributed by atoms with Gasteiger partial charge in [0.2, 0.25) is 0 Å². The Kier molecular flexibility index (Phi) is 9.89. The molecule has 0 radical (unpaired) electrons. The lowest BCUT2D eigenvalue weighted by Crippen LogP contribution is -2.74. The molecule has 0 bridgehead atoms. The number of hydrogen-bond acceptors (Lipinski definition) is 3. The Hall–Kier alpha value is -0.830. The van der Waals surface area contributed by atoms with Gasteiger partial charge in [0.1, 0.15) is 0 Å². The third-order valence-corrected chi connectivity index (χ3v) is 3.54. The van der Waals surface area contributed by atoms with E-state index < -0.39 is 65.2 Å². The highest BCUT2D eigenvalue weighted by Crippen LogP contribution is 2.50. The van der Waals surface area contributed by atoms with Crippen LogP contribution in [0.2, 0.25) is 0 Å². The van der Waals surface area contributed by atoms with E-state index in [-0.39, 0.29) is 0 Å². The fourth-order valence-corrected chi connectivity index (χ4v) is 1.83. The highest BCUT2D eigenvalue weighted by molar-refractivity contribution is 7.86. The van der Waals surface area contributed by atoms with Crippen molar-refractivity contribution >= 4 is 10.1 Å². The topological polar surface area (TPSA) is 73.8 Å². The van der Waals surface area contributed by atoms with E-state index in [2.05, 4.69) is 0 Å². The highest BCUT2D eigenvalue weighted by atomic mass is 32.2. The molecule has 0 aromatic rings. The molecule has 0 aromatic heterocycles. The summed E-state index contributed by atoms with van der Waals surface area (Å²) in [6, 6.07) is 0. The third kappa shape index (κ3) is 7.06. The van der Waals surface area contributed by atoms with Gasteiger partial charge in [-0.05, 0) is 19.3 Å². The first-order valence-electron chi connectivity index (χ1n) is 6.83. The van der Waals surface area contributed by atoms with Crippen molar-refractivity contribution in [2.75, 3.05) is 14.1 Å². The van der Waals surface area contributed by atoms with Crippen LogP contribution >= 0.6 is 0 Å². The molecule has 4 nitrogen and oxygen atoms in total. The zero-order valence-corrected chi connectivity index (χ0v) is 14.2. The van der Waals surface area contributed by atoms with Crippen LogP contribution in [0.1, 0.15) is 25.7 Å². The zero-order valence-electron chi connectivity index (χ0n) is 13.4. The second-order valence-electron chi connectivity index (χ2n) is 5.07. The Labute approximate surface area is 142 Å². The molecule has 1 atom stereocenters. The summed E-state index contributed by atoms with van der Waals surface area (Å²) in [4.78, 5) is 0. The van der Waals surface area contributed by atoms with E-state index >= 15 is 0 Å². The SMILES string of the molecule is C[NH2+]C.O=S(=O)([O-])C(F)(F)C(F)(F)C(F)(F)C(F)CCCCC(F)(F)F. The fraction of sp³-hybridized carbons (Fsp3) is 1.00. The van der Waals surface area contributed by atoms with E-state index in [1.807, 2.05) is 19.4 Å². The van der Waals surface area contributed by atoms with Crippen LogP contribution in [0.25, 0.3) is 0 Å². The molecule has 0 rings (SSSR count). The van der Waals surface area contributed by atoms with Crippen molar-refractivity contribution < 1.29 is 62.2 Å². The maximum Gasteiger partial charge on any atom is 0.402 e. The van der Waals surface area contributed by atoms with Gasteiger partial charge in [-0.15, -0.1) is 0 Å². The minimum Gasteiger partial charge on any atom is -0.743 e. The summed E-state index contributed by atoms with van der Waals surface area (Å²) in [5, 5.41) is -4.81. The fourth-order valence-electron chi connectivity index (χ4n) is 1.38. The first-order chi connectivity index (χ1) is 11.3. The standard InChI is InChI=1S/C9H10F10O3S.C2H7N/c10-5(3-1-2-4-6(11,12)13)7(14,15)8(16,17)9(18,19)23(20,21)22;1-3-2/h5H,1-4H2,(H,20,21,22);3H,1-2H3. The van der Waals surface area contributed by atoms with E-state index in [9.17, 15) is 56.9 Å². The predicted molar refractivity (Wildman–Crippen MR) is 67.7 cm³/mol. The van der Waals surface area contributed by atoms with Crippen molar-refractivity contribution in [1.29, 1.82) is 0 Å². The molecule has 0 saturated heterocycles. The number of unbranched alkanes of at least 4 members (excludes halogenated alkanes) is 1. The number of quaternary nitrogens is 1. The lowest BCUT2D eigenvalue weighted by atomic mass is 10.0. The van der Waals surface area contributed by atoms with E-state index in [1.165, 1.54) is 0 Å². The molecule has 0 aliphatic heterocycles. The van der Waals surface area contributed by atoms with Crippen LogP contribution in [0.4, 0.5) is 43.9 Å². The molecule has 0 aliphatic rings. The van der Waals surface area contributed by atoms with E-state index in [1.54, 1.807) is 0 Å². The summed E-state index contributed by atoms with van der Waals surface area (Å²) < 4.78 is 155. The van der Waals surface area contributed by atoms with Gasteiger partial charge < -0.3 is 9.87 Å². The van der Waals surface area contributed by atoms with Crippen molar-refractivity contribution in [2.45, 2.75) is 55.1 Å². The van der Waals surface area contributed by atoms with Crippen molar-refractivity contribution in [3.63, 3.8) is 0 Å². The van der Waals surface area contributed by atoms with Gasteiger partial charge in [0.25, 0.3) is 0 Å². The predicted octanol–water partition coefficient (Wildman–Crippen LogP) is 2.67. The van der Waals surface area contributed by atoms with E-state index in [0.29, 0.717) is 0 Å². The summed E-state index contributed by atoms with van der Waals surface area (Å²) in [7, 11) is -3.25. The number of alkyl halides is 10. The highest BCUT2D eigenvalue weighted by Gasteiger charge is 2.77. The Morgan fingerprint density at radius 3 is 1.62 bits per heavy atom. The van der Waals surface area contributed by atoms with Gasteiger partial charge >= 0.3 is 23.3 Å². The van der Waals surface area contributed by atoms with Crippen LogP contribution in [0.5, 0.6) is 0 Å². The molecular weight excluding hydrogens is 416 g/mol. The monoisotopic (exact) mass is 433 g/mol. The molecule has 15 heteroatoms. The van der Waals surface area contributed by atoms with E-state index in [4.69, 9.17) is 0 Å². The summed E-state index contributed by atoms with van der Waals surface area (Å²) in [5.41, 5.74) is 0. The maximum atomic E-state index is 13.1. The molecule has 0 heterocycles. The Morgan fingerprint density at radius 2 is 1.31 bits per heavy atom. The Balaban J connectivity index is 0. The van der Waals surface area contributed by atoms with Gasteiger partial charge in [-0.1, -0.05) is 0 Å². The van der Waals surface area contributed by atoms with Crippen molar-refractivity contribution in [3.8, 4) is 0 Å². The molecule has 0 aromatic carbocycles. The molecule has 1 unspecified atom stereocenters. The van der Waals surface area contributed by atoms with Gasteiger partial charge in [-0.2, -0.15) is 39.5 Å². The summed E-state index contributed by atoms with van der Waals surface area (Å²) in [6.45, 7) is 0. The Bertz CT molecular complexity index is 521. The van der Waals surface area contributed by atoms with Gasteiger partial charge in [-0.3, -0.25) is 0 Å². The van der Waals surface area contributed by atoms with E-state index in [0.717, 1.165) is 0 Å². The minimum absolute atomic E-state index is 0.943. The van der Waals surface area contributed by atoms with Gasteiger partial charge in [0.15, 0.2) is 16.3 Å². The number of hydrogen-bond donors (Lipinski definition) is 1. The Morgan fingerprint density at radius 1 is 0.923 bits per heavy atom. The second-order valence-corrected chi connectivity index (χ2v) is 6.50. The van der Waals surface area contributed by atoms with Crippen LogP contribution in [0.3, 0.4) is 0 Å². The quantitative estimate of drug-likeness (QED) is 0.364. The molecular formula is C11H17F10NO3S. The molecule has 0 fully saturated rings. The van der Waals surface area contributed by atoms with Crippen molar-refractivity contribution in [3.05, 3.63) is 0 Å². The van der Waals surface area contributed by atoms with Crippen LogP contribution in [0.15, 0.2) is 0 Å². The summed E-state index contributed by atoms with van der Waals surface area (Å²) in [5.74, 6) is -13.2. The third-order valence-electron chi connectivity index (χ3n) is 2.66. The largest absolute Gasteiger partial charge is 0.743 e.